The molecule has 1 aromatic heterocycles. The molecule has 0 aliphatic carbocycles. The number of imidazole rings is 1. The third kappa shape index (κ3) is 3.87. The lowest BCUT2D eigenvalue weighted by molar-refractivity contribution is -0.116. The molecule has 1 atom stereocenters. The number of aliphatic hydroxyl groups excluding tert-OH is 1. The molecule has 0 unspecified atom stereocenters. The number of methoxy groups -OCH3 is 1. The number of aromatic nitrogens is 2. The number of nitrogens with one attached hydrogen (secondary N) is 1. The monoisotopic (exact) mass is 337 g/mol. The Morgan fingerprint density at radius 1 is 1.20 bits per heavy atom. The number of carbonyl (C=O) groups is 1. The quantitative estimate of drug-likeness (QED) is 0.725. The number of amides is 1. The first-order valence-corrected chi connectivity index (χ1v) is 7.86. The average Bonchev–Trinajstić information content (AvgIpc) is 3.10. The number of hydrogen-bond donors (Lipinski definition) is 2. The van der Waals surface area contributed by atoms with E-state index in [1.54, 1.807) is 36.2 Å². The van der Waals surface area contributed by atoms with Gasteiger partial charge in [-0.05, 0) is 17.7 Å². The van der Waals surface area contributed by atoms with Crippen molar-refractivity contribution in [2.75, 3.05) is 12.4 Å². The molecule has 0 aliphatic heterocycles. The van der Waals surface area contributed by atoms with Gasteiger partial charge in [0.1, 0.15) is 24.2 Å². The van der Waals surface area contributed by atoms with E-state index in [2.05, 4.69) is 10.3 Å². The van der Waals surface area contributed by atoms with Gasteiger partial charge in [0.05, 0.1) is 12.8 Å². The van der Waals surface area contributed by atoms with Crippen molar-refractivity contribution in [1.82, 2.24) is 9.55 Å². The molecule has 0 fully saturated rings. The van der Waals surface area contributed by atoms with Crippen LogP contribution in [0.3, 0.4) is 0 Å². The van der Waals surface area contributed by atoms with Crippen molar-refractivity contribution >= 4 is 11.6 Å². The number of benzene rings is 2. The van der Waals surface area contributed by atoms with Gasteiger partial charge in [-0.2, -0.15) is 0 Å². The van der Waals surface area contributed by atoms with E-state index in [0.717, 1.165) is 5.56 Å². The van der Waals surface area contributed by atoms with Crippen LogP contribution in [-0.4, -0.2) is 27.7 Å². The van der Waals surface area contributed by atoms with Crippen LogP contribution >= 0.6 is 0 Å². The summed E-state index contributed by atoms with van der Waals surface area (Å²) in [5, 5.41) is 13.3. The second-order valence-electron chi connectivity index (χ2n) is 5.48. The standard InChI is InChI=1S/C19H19N3O3/c1-25-16-10-6-5-9-15(16)21-17(23)13-22-12-11-20-19(22)18(24)14-7-3-2-4-8-14/h2-12,18,24H,13H2,1H3,(H,21,23)/t18-/m1/s1. The summed E-state index contributed by atoms with van der Waals surface area (Å²) in [6.45, 7) is 0.0390. The molecule has 6 heteroatoms. The molecule has 0 bridgehead atoms. The minimum absolute atomic E-state index is 0.0390. The maximum Gasteiger partial charge on any atom is 0.244 e. The van der Waals surface area contributed by atoms with Crippen molar-refractivity contribution in [2.45, 2.75) is 12.6 Å². The van der Waals surface area contributed by atoms with Crippen molar-refractivity contribution in [3.05, 3.63) is 78.4 Å². The normalized spacial score (nSPS) is 11.8. The van der Waals surface area contributed by atoms with Gasteiger partial charge in [0.25, 0.3) is 0 Å². The van der Waals surface area contributed by atoms with E-state index in [4.69, 9.17) is 4.74 Å². The lowest BCUT2D eigenvalue weighted by atomic mass is 10.1. The molecule has 1 heterocycles. The summed E-state index contributed by atoms with van der Waals surface area (Å²) in [6.07, 6.45) is 2.34. The Morgan fingerprint density at radius 3 is 2.68 bits per heavy atom. The fraction of sp³-hybridized carbons (Fsp3) is 0.158. The molecule has 128 valence electrons. The molecule has 6 nitrogen and oxygen atoms in total. The zero-order chi connectivity index (χ0) is 17.6. The van der Waals surface area contributed by atoms with Crippen molar-refractivity contribution in [1.29, 1.82) is 0 Å². The number of aliphatic hydroxyl groups is 1. The SMILES string of the molecule is COc1ccccc1NC(=O)Cn1ccnc1[C@H](O)c1ccccc1. The molecular weight excluding hydrogens is 318 g/mol. The number of carbonyl (C=O) groups excluding carboxylic acids is 1. The topological polar surface area (TPSA) is 76.4 Å². The van der Waals surface area contributed by atoms with Crippen LogP contribution in [0.1, 0.15) is 17.5 Å². The van der Waals surface area contributed by atoms with Crippen LogP contribution in [0.5, 0.6) is 5.75 Å². The molecule has 3 rings (SSSR count). The van der Waals surface area contributed by atoms with E-state index in [0.29, 0.717) is 17.3 Å². The fourth-order valence-electron chi connectivity index (χ4n) is 2.58. The van der Waals surface area contributed by atoms with E-state index in [-0.39, 0.29) is 12.5 Å². The highest BCUT2D eigenvalue weighted by Gasteiger charge is 2.17. The maximum atomic E-state index is 12.4. The van der Waals surface area contributed by atoms with E-state index in [9.17, 15) is 9.90 Å². The van der Waals surface area contributed by atoms with Crippen LogP contribution in [-0.2, 0) is 11.3 Å². The molecule has 0 spiro atoms. The fourth-order valence-corrected chi connectivity index (χ4v) is 2.58. The molecule has 0 aliphatic rings. The van der Waals surface area contributed by atoms with Gasteiger partial charge >= 0.3 is 0 Å². The summed E-state index contributed by atoms with van der Waals surface area (Å²) in [7, 11) is 1.55. The summed E-state index contributed by atoms with van der Waals surface area (Å²) in [5.74, 6) is 0.774. The van der Waals surface area contributed by atoms with Gasteiger partial charge in [0.2, 0.25) is 5.91 Å². The van der Waals surface area contributed by atoms with E-state index in [1.165, 1.54) is 0 Å². The third-order valence-electron chi connectivity index (χ3n) is 3.80. The molecular formula is C19H19N3O3. The van der Waals surface area contributed by atoms with Gasteiger partial charge < -0.3 is 19.7 Å². The number of ether oxygens (including phenoxy) is 1. The number of para-hydroxylation sites is 2. The third-order valence-corrected chi connectivity index (χ3v) is 3.80. The molecule has 2 aromatic carbocycles. The summed E-state index contributed by atoms with van der Waals surface area (Å²) in [6, 6.07) is 16.4. The highest BCUT2D eigenvalue weighted by atomic mass is 16.5. The minimum atomic E-state index is -0.893. The second-order valence-corrected chi connectivity index (χ2v) is 5.48. The molecule has 0 saturated heterocycles. The number of rotatable bonds is 6. The van der Waals surface area contributed by atoms with Crippen LogP contribution in [0, 0.1) is 0 Å². The van der Waals surface area contributed by atoms with E-state index in [1.807, 2.05) is 42.5 Å². The van der Waals surface area contributed by atoms with Gasteiger partial charge in [-0.25, -0.2) is 4.98 Å². The zero-order valence-electron chi connectivity index (χ0n) is 13.8. The van der Waals surface area contributed by atoms with E-state index < -0.39 is 6.10 Å². The van der Waals surface area contributed by atoms with Crippen molar-refractivity contribution < 1.29 is 14.6 Å². The Labute approximate surface area is 145 Å². The maximum absolute atomic E-state index is 12.4. The Balaban J connectivity index is 1.74. The van der Waals surface area contributed by atoms with E-state index >= 15 is 0 Å². The average molecular weight is 337 g/mol. The first-order valence-electron chi connectivity index (χ1n) is 7.86. The summed E-state index contributed by atoms with van der Waals surface area (Å²) in [4.78, 5) is 16.6. The molecule has 0 radical (unpaired) electrons. The lowest BCUT2D eigenvalue weighted by Crippen LogP contribution is -2.21. The number of hydrogen-bond acceptors (Lipinski definition) is 4. The number of nitrogens with zero attached hydrogens (tertiary/aromatic N) is 2. The molecule has 3 aromatic rings. The van der Waals surface area contributed by atoms with Crippen molar-refractivity contribution in [3.63, 3.8) is 0 Å². The predicted octanol–water partition coefficient (Wildman–Crippen LogP) is 2.61. The van der Waals surface area contributed by atoms with Crippen molar-refractivity contribution in [2.24, 2.45) is 0 Å². The first-order chi connectivity index (χ1) is 12.2. The largest absolute Gasteiger partial charge is 0.495 e. The Bertz CT molecular complexity index is 846. The highest BCUT2D eigenvalue weighted by Crippen LogP contribution is 2.23. The summed E-state index contributed by atoms with van der Waals surface area (Å²) in [5.41, 5.74) is 1.32. The predicted molar refractivity (Wildman–Crippen MR) is 94.4 cm³/mol. The Kier molecular flexibility index (Phi) is 5.11. The molecule has 2 N–H and O–H groups in total. The second kappa shape index (κ2) is 7.63. The highest BCUT2D eigenvalue weighted by molar-refractivity contribution is 5.92. The van der Waals surface area contributed by atoms with Gasteiger partial charge in [-0.15, -0.1) is 0 Å². The summed E-state index contributed by atoms with van der Waals surface area (Å²) >= 11 is 0. The van der Waals surface area contributed by atoms with Crippen LogP contribution < -0.4 is 10.1 Å². The number of anilines is 1. The lowest BCUT2D eigenvalue weighted by Gasteiger charge is -2.14. The van der Waals surface area contributed by atoms with Gasteiger partial charge in [0, 0.05) is 12.4 Å². The molecule has 1 amide bonds. The van der Waals surface area contributed by atoms with Crippen LogP contribution in [0.25, 0.3) is 0 Å². The van der Waals surface area contributed by atoms with Crippen LogP contribution in [0.4, 0.5) is 5.69 Å². The minimum Gasteiger partial charge on any atom is -0.495 e. The smallest absolute Gasteiger partial charge is 0.244 e. The Hall–Kier alpha value is -3.12. The zero-order valence-corrected chi connectivity index (χ0v) is 13.8. The van der Waals surface area contributed by atoms with Crippen LogP contribution in [0.2, 0.25) is 0 Å². The van der Waals surface area contributed by atoms with Gasteiger partial charge in [-0.1, -0.05) is 42.5 Å². The van der Waals surface area contributed by atoms with Gasteiger partial charge in [0.15, 0.2) is 0 Å². The van der Waals surface area contributed by atoms with Gasteiger partial charge in [-0.3, -0.25) is 4.79 Å². The molecule has 25 heavy (non-hydrogen) atoms. The summed E-state index contributed by atoms with van der Waals surface area (Å²) < 4.78 is 6.85. The van der Waals surface area contributed by atoms with Crippen LogP contribution in [0.15, 0.2) is 67.0 Å². The molecule has 0 saturated carbocycles. The van der Waals surface area contributed by atoms with Crippen molar-refractivity contribution in [3.8, 4) is 5.75 Å². The Morgan fingerprint density at radius 2 is 1.92 bits per heavy atom. The first kappa shape index (κ1) is 16.7.